The molecule has 1 N–H and O–H groups in total. The van der Waals surface area contributed by atoms with Gasteiger partial charge in [-0.05, 0) is 43.9 Å². The quantitative estimate of drug-likeness (QED) is 0.450. The number of ether oxygens (including phenoxy) is 1. The average molecular weight is 285 g/mol. The Morgan fingerprint density at radius 3 is 2.47 bits per heavy atom. The van der Waals surface area contributed by atoms with Crippen molar-refractivity contribution >= 4 is 17.6 Å². The van der Waals surface area contributed by atoms with E-state index in [0.717, 1.165) is 32.1 Å². The first-order chi connectivity index (χ1) is 9.09. The van der Waals surface area contributed by atoms with Gasteiger partial charge < -0.3 is 9.84 Å². The van der Waals surface area contributed by atoms with E-state index in [9.17, 15) is 4.79 Å². The van der Waals surface area contributed by atoms with Crippen LogP contribution in [0.25, 0.3) is 0 Å². The topological polar surface area (TPSA) is 46.5 Å². The van der Waals surface area contributed by atoms with Crippen molar-refractivity contribution in [2.75, 3.05) is 6.61 Å². The van der Waals surface area contributed by atoms with Crippen LogP contribution in [0.3, 0.4) is 0 Å². The number of phenolic OH excluding ortho intramolecular Hbond substituents is 1. The number of carbonyl (C=O) groups is 1. The molecular formula is C15H21ClO3. The normalized spacial score (nSPS) is 12.1. The molecule has 0 saturated heterocycles. The summed E-state index contributed by atoms with van der Waals surface area (Å²) in [6, 6.07) is 7.31. The van der Waals surface area contributed by atoms with Gasteiger partial charge in [0.05, 0.1) is 6.61 Å². The van der Waals surface area contributed by atoms with Gasteiger partial charge in [0.15, 0.2) is 0 Å². The fraction of sp³-hybridized carbons (Fsp3) is 0.533. The molecule has 1 atom stereocenters. The minimum absolute atomic E-state index is 0.305. The lowest BCUT2D eigenvalue weighted by Crippen LogP contribution is -2.14. The Hall–Kier alpha value is -1.22. The summed E-state index contributed by atoms with van der Waals surface area (Å²) >= 11 is 5.58. The van der Waals surface area contributed by atoms with E-state index in [0.29, 0.717) is 12.4 Å². The third kappa shape index (κ3) is 7.06. The lowest BCUT2D eigenvalue weighted by molar-refractivity contribution is -0.142. The molecule has 1 aromatic carbocycles. The molecule has 3 nitrogen and oxygen atoms in total. The monoisotopic (exact) mass is 284 g/mol. The molecule has 1 aromatic rings. The van der Waals surface area contributed by atoms with E-state index in [1.807, 2.05) is 12.1 Å². The number of rotatable bonds is 8. The molecule has 106 valence electrons. The van der Waals surface area contributed by atoms with Crippen LogP contribution in [0.1, 0.15) is 38.2 Å². The fourth-order valence-electron chi connectivity index (χ4n) is 1.73. The maximum Gasteiger partial charge on any atom is 0.323 e. The van der Waals surface area contributed by atoms with Crippen molar-refractivity contribution in [2.45, 2.75) is 44.4 Å². The van der Waals surface area contributed by atoms with Crippen molar-refractivity contribution in [3.63, 3.8) is 0 Å². The van der Waals surface area contributed by atoms with Crippen molar-refractivity contribution in [1.29, 1.82) is 0 Å². The van der Waals surface area contributed by atoms with Crippen molar-refractivity contribution in [1.82, 2.24) is 0 Å². The van der Waals surface area contributed by atoms with Gasteiger partial charge in [-0.3, -0.25) is 4.79 Å². The second-order valence-electron chi connectivity index (χ2n) is 4.61. The summed E-state index contributed by atoms with van der Waals surface area (Å²) in [6.07, 6.45) is 5.14. The molecule has 0 aliphatic carbocycles. The largest absolute Gasteiger partial charge is 0.508 e. The van der Waals surface area contributed by atoms with Crippen LogP contribution in [0.15, 0.2) is 24.3 Å². The maximum atomic E-state index is 11.1. The van der Waals surface area contributed by atoms with Gasteiger partial charge in [-0.15, -0.1) is 11.6 Å². The van der Waals surface area contributed by atoms with Crippen LogP contribution in [0, 0.1) is 0 Å². The number of alkyl halides is 1. The van der Waals surface area contributed by atoms with E-state index in [1.165, 1.54) is 5.56 Å². The highest BCUT2D eigenvalue weighted by atomic mass is 35.5. The molecule has 0 amide bonds. The molecule has 0 aromatic heterocycles. The highest BCUT2D eigenvalue weighted by molar-refractivity contribution is 6.29. The van der Waals surface area contributed by atoms with Crippen molar-refractivity contribution in [2.24, 2.45) is 0 Å². The van der Waals surface area contributed by atoms with Gasteiger partial charge in [0.2, 0.25) is 0 Å². The maximum absolute atomic E-state index is 11.1. The molecule has 0 aliphatic heterocycles. The van der Waals surface area contributed by atoms with Gasteiger partial charge in [-0.2, -0.15) is 0 Å². The van der Waals surface area contributed by atoms with Crippen molar-refractivity contribution < 1.29 is 14.6 Å². The summed E-state index contributed by atoms with van der Waals surface area (Å²) in [5, 5.41) is 8.60. The van der Waals surface area contributed by atoms with Crippen LogP contribution in [0.2, 0.25) is 0 Å². The Morgan fingerprint density at radius 2 is 1.84 bits per heavy atom. The zero-order chi connectivity index (χ0) is 14.1. The summed E-state index contributed by atoms with van der Waals surface area (Å²) in [6.45, 7) is 2.07. The summed E-state index contributed by atoms with van der Waals surface area (Å²) < 4.78 is 4.98. The van der Waals surface area contributed by atoms with Gasteiger partial charge >= 0.3 is 5.97 Å². The number of aromatic hydroxyl groups is 1. The predicted octanol–water partition coefficient (Wildman–Crippen LogP) is 3.67. The molecule has 19 heavy (non-hydrogen) atoms. The summed E-state index contributed by atoms with van der Waals surface area (Å²) in [4.78, 5) is 11.1. The van der Waals surface area contributed by atoms with E-state index in [-0.39, 0.29) is 5.97 Å². The lowest BCUT2D eigenvalue weighted by atomic mass is 10.1. The Morgan fingerprint density at radius 1 is 1.21 bits per heavy atom. The standard InChI is InChI=1S/C15H21ClO3/c1-12(16)15(18)19-11-5-3-2-4-6-13-7-9-14(17)10-8-13/h7-10,12,17H,2-6,11H2,1H3. The molecule has 1 rings (SSSR count). The number of halogens is 1. The first-order valence-electron chi connectivity index (χ1n) is 6.68. The third-order valence-corrected chi connectivity index (χ3v) is 3.04. The first-order valence-corrected chi connectivity index (χ1v) is 7.12. The molecule has 4 heteroatoms. The molecule has 0 heterocycles. The number of unbranched alkanes of at least 4 members (excludes halogenated alkanes) is 3. The van der Waals surface area contributed by atoms with E-state index in [2.05, 4.69) is 0 Å². The van der Waals surface area contributed by atoms with E-state index >= 15 is 0 Å². The number of phenols is 1. The lowest BCUT2D eigenvalue weighted by Gasteiger charge is -2.06. The Balaban J connectivity index is 2.00. The van der Waals surface area contributed by atoms with Crippen molar-refractivity contribution in [3.05, 3.63) is 29.8 Å². The molecule has 0 bridgehead atoms. The Kier molecular flexibility index (Phi) is 7.34. The molecule has 0 radical (unpaired) electrons. The van der Waals surface area contributed by atoms with E-state index in [4.69, 9.17) is 21.4 Å². The number of esters is 1. The smallest absolute Gasteiger partial charge is 0.323 e. The van der Waals surface area contributed by atoms with Gasteiger partial charge in [-0.1, -0.05) is 25.0 Å². The summed E-state index contributed by atoms with van der Waals surface area (Å²) in [7, 11) is 0. The predicted molar refractivity (Wildman–Crippen MR) is 76.6 cm³/mol. The number of benzene rings is 1. The number of carbonyl (C=O) groups excluding carboxylic acids is 1. The zero-order valence-electron chi connectivity index (χ0n) is 11.3. The first kappa shape index (κ1) is 15.8. The van der Waals surface area contributed by atoms with E-state index in [1.54, 1.807) is 19.1 Å². The minimum Gasteiger partial charge on any atom is -0.508 e. The SMILES string of the molecule is CC(Cl)C(=O)OCCCCCCc1ccc(O)cc1. The Labute approximate surface area is 119 Å². The van der Waals surface area contributed by atoms with Crippen LogP contribution < -0.4 is 0 Å². The number of hydrogen-bond donors (Lipinski definition) is 1. The number of aryl methyl sites for hydroxylation is 1. The van der Waals surface area contributed by atoms with Gasteiger partial charge in [0.25, 0.3) is 0 Å². The van der Waals surface area contributed by atoms with Crippen molar-refractivity contribution in [3.8, 4) is 5.75 Å². The fourth-order valence-corrected chi connectivity index (χ4v) is 1.80. The van der Waals surface area contributed by atoms with Crippen LogP contribution in [-0.2, 0) is 16.0 Å². The minimum atomic E-state index is -0.561. The van der Waals surface area contributed by atoms with Gasteiger partial charge in [-0.25, -0.2) is 0 Å². The van der Waals surface area contributed by atoms with Crippen LogP contribution in [0.4, 0.5) is 0 Å². The molecule has 0 aliphatic rings. The van der Waals surface area contributed by atoms with Gasteiger partial charge in [0.1, 0.15) is 11.1 Å². The van der Waals surface area contributed by atoms with E-state index < -0.39 is 5.38 Å². The molecule has 0 saturated carbocycles. The second kappa shape index (κ2) is 8.81. The third-order valence-electron chi connectivity index (χ3n) is 2.87. The van der Waals surface area contributed by atoms with Crippen LogP contribution in [0.5, 0.6) is 5.75 Å². The molecule has 0 fully saturated rings. The molecule has 1 unspecified atom stereocenters. The van der Waals surface area contributed by atoms with Crippen LogP contribution >= 0.6 is 11.6 Å². The highest BCUT2D eigenvalue weighted by Crippen LogP contribution is 2.12. The number of hydrogen-bond acceptors (Lipinski definition) is 3. The average Bonchev–Trinajstić information content (AvgIpc) is 2.39. The summed E-state index contributed by atoms with van der Waals surface area (Å²) in [5.74, 6) is -0.0372. The molecular weight excluding hydrogens is 264 g/mol. The van der Waals surface area contributed by atoms with Gasteiger partial charge in [0, 0.05) is 0 Å². The second-order valence-corrected chi connectivity index (χ2v) is 5.27. The molecule has 0 spiro atoms. The highest BCUT2D eigenvalue weighted by Gasteiger charge is 2.09. The Bertz CT molecular complexity index is 373. The zero-order valence-corrected chi connectivity index (χ0v) is 12.0. The summed E-state index contributed by atoms with van der Waals surface area (Å²) in [5.41, 5.74) is 1.24. The van der Waals surface area contributed by atoms with Crippen LogP contribution in [-0.4, -0.2) is 23.1 Å².